The Morgan fingerprint density at radius 1 is 0.903 bits per heavy atom. The van der Waals surface area contributed by atoms with E-state index in [2.05, 4.69) is 27.2 Å². The number of carbonyl (C=O) groups excluding carboxylic acids is 1. The van der Waals surface area contributed by atoms with Crippen molar-refractivity contribution in [3.8, 4) is 23.0 Å². The molecule has 1 fully saturated rings. The summed E-state index contributed by atoms with van der Waals surface area (Å²) in [6.07, 6.45) is -0.169. The summed E-state index contributed by atoms with van der Waals surface area (Å²) in [6.45, 7) is 6.05. The van der Waals surface area contributed by atoms with Crippen LogP contribution in [0, 0.1) is 0 Å². The molecule has 3 heterocycles. The van der Waals surface area contributed by atoms with Gasteiger partial charge in [-0.05, 0) is 29.8 Å². The molecule has 0 spiro atoms. The number of hydrogen-bond donors (Lipinski definition) is 1. The first-order valence-corrected chi connectivity index (χ1v) is 10.7. The van der Waals surface area contributed by atoms with Crippen molar-refractivity contribution in [2.45, 2.75) is 12.6 Å². The predicted molar refractivity (Wildman–Crippen MR) is 114 cm³/mol. The molecule has 0 saturated carbocycles. The van der Waals surface area contributed by atoms with E-state index in [1.807, 2.05) is 30.3 Å². The lowest BCUT2D eigenvalue weighted by molar-refractivity contribution is -0.123. The van der Waals surface area contributed by atoms with Crippen LogP contribution in [0.5, 0.6) is 23.0 Å². The third-order valence-corrected chi connectivity index (χ3v) is 5.77. The Morgan fingerprint density at radius 3 is 2.52 bits per heavy atom. The van der Waals surface area contributed by atoms with Crippen LogP contribution in [-0.4, -0.2) is 74.5 Å². The van der Waals surface area contributed by atoms with Gasteiger partial charge in [0.1, 0.15) is 12.7 Å². The third kappa shape index (κ3) is 4.86. The Morgan fingerprint density at radius 2 is 1.65 bits per heavy atom. The Balaban J connectivity index is 1.02. The summed E-state index contributed by atoms with van der Waals surface area (Å²) in [5, 5.41) is 2.98. The van der Waals surface area contributed by atoms with Crippen LogP contribution in [0.1, 0.15) is 5.56 Å². The van der Waals surface area contributed by atoms with Crippen molar-refractivity contribution in [1.29, 1.82) is 0 Å². The Kier molecular flexibility index (Phi) is 5.82. The number of nitrogens with one attached hydrogen (secondary N) is 1. The van der Waals surface area contributed by atoms with Crippen LogP contribution in [0.15, 0.2) is 42.5 Å². The topological polar surface area (TPSA) is 72.5 Å². The number of benzene rings is 2. The van der Waals surface area contributed by atoms with Gasteiger partial charge in [0.05, 0.1) is 13.1 Å². The predicted octanol–water partition coefficient (Wildman–Crippen LogP) is 1.49. The standard InChI is InChI=1S/C23H27N3O5/c27-23(24-12-18-15-28-19-3-1-2-4-21(19)31-18)14-26-9-7-25(8-10-26)13-17-5-6-20-22(11-17)30-16-29-20/h1-6,11,18H,7-10,12-16H2,(H,24,27)/t18-/m0/s1. The lowest BCUT2D eigenvalue weighted by atomic mass is 10.1. The highest BCUT2D eigenvalue weighted by atomic mass is 16.7. The summed E-state index contributed by atoms with van der Waals surface area (Å²) in [7, 11) is 0. The molecule has 5 rings (SSSR count). The van der Waals surface area contributed by atoms with E-state index >= 15 is 0 Å². The van der Waals surface area contributed by atoms with Crippen LogP contribution in [-0.2, 0) is 11.3 Å². The number of piperazine rings is 1. The Hall–Kier alpha value is -2.97. The van der Waals surface area contributed by atoms with Gasteiger partial charge in [0.25, 0.3) is 0 Å². The van der Waals surface area contributed by atoms with Gasteiger partial charge in [0.2, 0.25) is 12.7 Å². The highest BCUT2D eigenvalue weighted by Crippen LogP contribution is 2.33. The number of ether oxygens (including phenoxy) is 4. The number of fused-ring (bicyclic) bond motifs is 2. The molecule has 0 bridgehead atoms. The van der Waals surface area contributed by atoms with Crippen LogP contribution in [0.25, 0.3) is 0 Å². The fourth-order valence-electron chi connectivity index (χ4n) is 4.05. The zero-order valence-corrected chi connectivity index (χ0v) is 17.4. The van der Waals surface area contributed by atoms with Gasteiger partial charge in [-0.3, -0.25) is 14.6 Å². The minimum atomic E-state index is -0.169. The van der Waals surface area contributed by atoms with Crippen molar-refractivity contribution in [2.24, 2.45) is 0 Å². The van der Waals surface area contributed by atoms with Crippen molar-refractivity contribution in [1.82, 2.24) is 15.1 Å². The molecular weight excluding hydrogens is 398 g/mol. The number of carbonyl (C=O) groups is 1. The first-order valence-electron chi connectivity index (χ1n) is 10.7. The van der Waals surface area contributed by atoms with Crippen molar-refractivity contribution >= 4 is 5.91 Å². The molecule has 0 radical (unpaired) electrons. The van der Waals surface area contributed by atoms with E-state index in [-0.39, 0.29) is 12.0 Å². The highest BCUT2D eigenvalue weighted by Gasteiger charge is 2.23. The van der Waals surface area contributed by atoms with Crippen molar-refractivity contribution in [3.05, 3.63) is 48.0 Å². The molecule has 1 atom stereocenters. The molecular formula is C23H27N3O5. The number of rotatable bonds is 6. The summed E-state index contributed by atoms with van der Waals surface area (Å²) >= 11 is 0. The Bertz CT molecular complexity index is 929. The monoisotopic (exact) mass is 425 g/mol. The molecule has 164 valence electrons. The summed E-state index contributed by atoms with van der Waals surface area (Å²) in [6, 6.07) is 13.7. The van der Waals surface area contributed by atoms with E-state index in [0.29, 0.717) is 26.5 Å². The van der Waals surface area contributed by atoms with E-state index in [9.17, 15) is 4.79 Å². The maximum atomic E-state index is 12.4. The lowest BCUT2D eigenvalue weighted by Gasteiger charge is -2.34. The third-order valence-electron chi connectivity index (χ3n) is 5.77. The minimum Gasteiger partial charge on any atom is -0.486 e. The van der Waals surface area contributed by atoms with Gasteiger partial charge < -0.3 is 24.3 Å². The fourth-order valence-corrected chi connectivity index (χ4v) is 4.05. The van der Waals surface area contributed by atoms with Gasteiger partial charge in [-0.2, -0.15) is 0 Å². The molecule has 2 aromatic carbocycles. The maximum Gasteiger partial charge on any atom is 0.234 e. The molecule has 1 amide bonds. The average molecular weight is 425 g/mol. The number of hydrogen-bond acceptors (Lipinski definition) is 7. The van der Waals surface area contributed by atoms with Crippen molar-refractivity contribution in [3.63, 3.8) is 0 Å². The SMILES string of the molecule is O=C(CN1CCN(Cc2ccc3c(c2)OCO3)CC1)NC[C@H]1COc2ccccc2O1. The normalized spacial score (nSPS) is 20.5. The van der Waals surface area contributed by atoms with Crippen LogP contribution < -0.4 is 24.3 Å². The van der Waals surface area contributed by atoms with Gasteiger partial charge in [0, 0.05) is 32.7 Å². The van der Waals surface area contributed by atoms with Gasteiger partial charge in [-0.1, -0.05) is 18.2 Å². The quantitative estimate of drug-likeness (QED) is 0.752. The largest absolute Gasteiger partial charge is 0.486 e. The van der Waals surface area contributed by atoms with Crippen LogP contribution in [0.2, 0.25) is 0 Å². The molecule has 8 heteroatoms. The number of amides is 1. The molecule has 1 saturated heterocycles. The number of nitrogens with zero attached hydrogens (tertiary/aromatic N) is 2. The molecule has 0 unspecified atom stereocenters. The van der Waals surface area contributed by atoms with E-state index in [1.54, 1.807) is 0 Å². The zero-order valence-electron chi connectivity index (χ0n) is 17.4. The van der Waals surface area contributed by atoms with Gasteiger partial charge in [-0.15, -0.1) is 0 Å². The molecule has 3 aliphatic heterocycles. The molecule has 3 aliphatic rings. The summed E-state index contributed by atoms with van der Waals surface area (Å²) in [5.74, 6) is 3.14. The number of para-hydroxylation sites is 2. The second kappa shape index (κ2) is 9.03. The molecule has 1 N–H and O–H groups in total. The van der Waals surface area contributed by atoms with Gasteiger partial charge >= 0.3 is 0 Å². The van der Waals surface area contributed by atoms with Gasteiger partial charge in [0.15, 0.2) is 23.0 Å². The molecule has 2 aromatic rings. The zero-order chi connectivity index (χ0) is 21.0. The first kappa shape index (κ1) is 20.0. The first-order chi connectivity index (χ1) is 15.2. The molecule has 0 aliphatic carbocycles. The van der Waals surface area contributed by atoms with E-state index in [1.165, 1.54) is 5.56 Å². The maximum absolute atomic E-state index is 12.4. The highest BCUT2D eigenvalue weighted by molar-refractivity contribution is 5.78. The van der Waals surface area contributed by atoms with Gasteiger partial charge in [-0.25, -0.2) is 0 Å². The van der Waals surface area contributed by atoms with Crippen LogP contribution in [0.3, 0.4) is 0 Å². The molecule has 8 nitrogen and oxygen atoms in total. The van der Waals surface area contributed by atoms with Crippen molar-refractivity contribution in [2.75, 3.05) is 52.7 Å². The average Bonchev–Trinajstić information content (AvgIpc) is 3.27. The smallest absolute Gasteiger partial charge is 0.234 e. The van der Waals surface area contributed by atoms with Crippen molar-refractivity contribution < 1.29 is 23.7 Å². The minimum absolute atomic E-state index is 0.0201. The molecule has 31 heavy (non-hydrogen) atoms. The second-order valence-electron chi connectivity index (χ2n) is 8.04. The summed E-state index contributed by atoms with van der Waals surface area (Å²) in [5.41, 5.74) is 1.21. The fraction of sp³-hybridized carbons (Fsp3) is 0.435. The summed E-state index contributed by atoms with van der Waals surface area (Å²) in [4.78, 5) is 17.0. The van der Waals surface area contributed by atoms with Crippen LogP contribution in [0.4, 0.5) is 0 Å². The summed E-state index contributed by atoms with van der Waals surface area (Å²) < 4.78 is 22.4. The van der Waals surface area contributed by atoms with E-state index in [0.717, 1.165) is 55.7 Å². The Labute approximate surface area is 181 Å². The lowest BCUT2D eigenvalue weighted by Crippen LogP contribution is -2.50. The second-order valence-corrected chi connectivity index (χ2v) is 8.04. The molecule has 0 aromatic heterocycles. The van der Waals surface area contributed by atoms with E-state index in [4.69, 9.17) is 18.9 Å². The van der Waals surface area contributed by atoms with E-state index < -0.39 is 0 Å². The van der Waals surface area contributed by atoms with Crippen LogP contribution >= 0.6 is 0 Å².